The molecule has 1 spiro atoms. The van der Waals surface area contributed by atoms with Crippen LogP contribution in [0.15, 0.2) is 84.9 Å². The molecular formula is C28H27FN2O2. The molecule has 2 atom stereocenters. The molecule has 0 radical (unpaired) electrons. The summed E-state index contributed by atoms with van der Waals surface area (Å²) in [5.74, 6) is -0.894. The first kappa shape index (κ1) is 21.4. The molecule has 33 heavy (non-hydrogen) atoms. The third-order valence-corrected chi connectivity index (χ3v) is 7.03. The Labute approximate surface area is 193 Å². The van der Waals surface area contributed by atoms with E-state index in [2.05, 4.69) is 5.32 Å². The number of nitrogens with one attached hydrogen (secondary N) is 1. The zero-order valence-corrected chi connectivity index (χ0v) is 18.4. The lowest BCUT2D eigenvalue weighted by atomic mass is 9.76. The predicted octanol–water partition coefficient (Wildman–Crippen LogP) is 4.62. The van der Waals surface area contributed by atoms with E-state index in [0.717, 1.165) is 29.5 Å². The van der Waals surface area contributed by atoms with E-state index in [-0.39, 0.29) is 23.5 Å². The van der Waals surface area contributed by atoms with Gasteiger partial charge in [-0.25, -0.2) is 4.39 Å². The maximum absolute atomic E-state index is 14.1. The van der Waals surface area contributed by atoms with Crippen molar-refractivity contribution in [3.8, 4) is 0 Å². The molecule has 1 N–H and O–H groups in total. The third kappa shape index (κ3) is 4.15. The molecule has 2 aliphatic rings. The second kappa shape index (κ2) is 8.81. The molecule has 2 heterocycles. The van der Waals surface area contributed by atoms with Crippen LogP contribution in [0.5, 0.6) is 0 Å². The lowest BCUT2D eigenvalue weighted by molar-refractivity contribution is -0.132. The molecule has 2 aliphatic heterocycles. The van der Waals surface area contributed by atoms with E-state index >= 15 is 0 Å². The molecule has 4 nitrogen and oxygen atoms in total. The number of amides is 2. The zero-order valence-electron chi connectivity index (χ0n) is 18.4. The first-order valence-corrected chi connectivity index (χ1v) is 11.5. The summed E-state index contributed by atoms with van der Waals surface area (Å²) in [5, 5.41) is 3.21. The van der Waals surface area contributed by atoms with Gasteiger partial charge < -0.3 is 10.2 Å². The number of rotatable bonds is 4. The van der Waals surface area contributed by atoms with Gasteiger partial charge in [-0.1, -0.05) is 72.8 Å². The number of hydrogen-bond donors (Lipinski definition) is 1. The van der Waals surface area contributed by atoms with Crippen LogP contribution in [-0.2, 0) is 9.59 Å². The van der Waals surface area contributed by atoms with Crippen LogP contribution < -0.4 is 5.32 Å². The van der Waals surface area contributed by atoms with Crippen molar-refractivity contribution in [3.63, 3.8) is 0 Å². The minimum Gasteiger partial charge on any atom is -0.348 e. The van der Waals surface area contributed by atoms with Gasteiger partial charge in [0.15, 0.2) is 0 Å². The SMILES string of the molecule is O=C1CCC[C@]2(CN(C(=O)C(c3ccccc3)c3ccccc3)C[C@H]2c2cccc(F)c2)N1. The maximum atomic E-state index is 14.1. The molecule has 0 bridgehead atoms. The molecule has 0 aliphatic carbocycles. The predicted molar refractivity (Wildman–Crippen MR) is 125 cm³/mol. The molecule has 3 aromatic carbocycles. The number of nitrogens with zero attached hydrogens (tertiary/aromatic N) is 1. The van der Waals surface area contributed by atoms with Crippen LogP contribution in [0.1, 0.15) is 47.8 Å². The van der Waals surface area contributed by atoms with E-state index in [9.17, 15) is 14.0 Å². The Morgan fingerprint density at radius 1 is 0.970 bits per heavy atom. The summed E-state index contributed by atoms with van der Waals surface area (Å²) in [7, 11) is 0. The van der Waals surface area contributed by atoms with Gasteiger partial charge in [-0.05, 0) is 41.7 Å². The second-order valence-electron chi connectivity index (χ2n) is 9.14. The van der Waals surface area contributed by atoms with Crippen LogP contribution in [0.3, 0.4) is 0 Å². The van der Waals surface area contributed by atoms with E-state index in [1.54, 1.807) is 6.07 Å². The van der Waals surface area contributed by atoms with Crippen molar-refractivity contribution in [3.05, 3.63) is 107 Å². The number of piperidine rings is 1. The van der Waals surface area contributed by atoms with E-state index in [4.69, 9.17) is 0 Å². The molecule has 2 saturated heterocycles. The van der Waals surface area contributed by atoms with Gasteiger partial charge in [0.25, 0.3) is 0 Å². The molecule has 3 aromatic rings. The number of carbonyl (C=O) groups is 2. The van der Waals surface area contributed by atoms with Crippen LogP contribution in [0.2, 0.25) is 0 Å². The highest BCUT2D eigenvalue weighted by Crippen LogP contribution is 2.43. The first-order valence-electron chi connectivity index (χ1n) is 11.5. The normalized spacial score (nSPS) is 22.5. The van der Waals surface area contributed by atoms with Gasteiger partial charge >= 0.3 is 0 Å². The Balaban J connectivity index is 1.53. The molecule has 5 heteroatoms. The molecule has 0 aromatic heterocycles. The van der Waals surface area contributed by atoms with Gasteiger partial charge in [0.2, 0.25) is 11.8 Å². The summed E-state index contributed by atoms with van der Waals surface area (Å²) in [4.78, 5) is 28.3. The Kier molecular flexibility index (Phi) is 5.71. The molecule has 2 fully saturated rings. The summed E-state index contributed by atoms with van der Waals surface area (Å²) in [6.45, 7) is 0.869. The lowest BCUT2D eigenvalue weighted by Gasteiger charge is -2.39. The highest BCUT2D eigenvalue weighted by Gasteiger charge is 2.51. The average Bonchev–Trinajstić information content (AvgIpc) is 3.19. The monoisotopic (exact) mass is 442 g/mol. The van der Waals surface area contributed by atoms with E-state index in [1.807, 2.05) is 71.6 Å². The van der Waals surface area contributed by atoms with Gasteiger partial charge in [-0.3, -0.25) is 9.59 Å². The van der Waals surface area contributed by atoms with Gasteiger partial charge in [0.05, 0.1) is 11.5 Å². The summed E-state index contributed by atoms with van der Waals surface area (Å²) >= 11 is 0. The largest absolute Gasteiger partial charge is 0.348 e. The van der Waals surface area contributed by atoms with Crippen molar-refractivity contribution in [2.24, 2.45) is 0 Å². The van der Waals surface area contributed by atoms with E-state index < -0.39 is 11.5 Å². The summed E-state index contributed by atoms with van der Waals surface area (Å²) in [6.07, 6.45) is 2.02. The number of benzene rings is 3. The minimum absolute atomic E-state index is 0.000351. The molecule has 0 saturated carbocycles. The molecule has 5 rings (SSSR count). The maximum Gasteiger partial charge on any atom is 0.234 e. The smallest absolute Gasteiger partial charge is 0.234 e. The van der Waals surface area contributed by atoms with Gasteiger partial charge in [-0.2, -0.15) is 0 Å². The van der Waals surface area contributed by atoms with Crippen LogP contribution >= 0.6 is 0 Å². The first-order chi connectivity index (χ1) is 16.1. The molecule has 0 unspecified atom stereocenters. The number of likely N-dealkylation sites (tertiary alicyclic amines) is 1. The van der Waals surface area contributed by atoms with Crippen molar-refractivity contribution in [1.29, 1.82) is 0 Å². The van der Waals surface area contributed by atoms with E-state index in [0.29, 0.717) is 19.5 Å². The van der Waals surface area contributed by atoms with E-state index in [1.165, 1.54) is 12.1 Å². The standard InChI is InChI=1S/C28H27FN2O2/c29-23-14-7-13-22(17-23)24-18-31(19-28(24)16-8-15-25(32)30-28)27(33)26(20-9-3-1-4-10-20)21-11-5-2-6-12-21/h1-7,9-14,17,24,26H,8,15-16,18-19H2,(H,30,32)/t24-,28+/m0/s1. The minimum atomic E-state index is -0.573. The fourth-order valence-corrected chi connectivity index (χ4v) is 5.52. The topological polar surface area (TPSA) is 49.4 Å². The Hall–Kier alpha value is -3.47. The van der Waals surface area contributed by atoms with Crippen LogP contribution in [0.4, 0.5) is 4.39 Å². The summed E-state index contributed by atoms with van der Waals surface area (Å²) < 4.78 is 14.1. The van der Waals surface area contributed by atoms with Crippen molar-refractivity contribution < 1.29 is 14.0 Å². The fraction of sp³-hybridized carbons (Fsp3) is 0.286. The summed E-state index contributed by atoms with van der Waals surface area (Å²) in [6, 6.07) is 26.1. The number of carbonyl (C=O) groups excluding carboxylic acids is 2. The van der Waals surface area contributed by atoms with Gasteiger partial charge in [-0.15, -0.1) is 0 Å². The Morgan fingerprint density at radius 3 is 2.24 bits per heavy atom. The molecular weight excluding hydrogens is 415 g/mol. The number of hydrogen-bond acceptors (Lipinski definition) is 2. The quantitative estimate of drug-likeness (QED) is 0.641. The van der Waals surface area contributed by atoms with Gasteiger partial charge in [0.1, 0.15) is 5.82 Å². The van der Waals surface area contributed by atoms with Crippen LogP contribution in [0.25, 0.3) is 0 Å². The molecule has 168 valence electrons. The van der Waals surface area contributed by atoms with Crippen molar-refractivity contribution >= 4 is 11.8 Å². The lowest BCUT2D eigenvalue weighted by Crippen LogP contribution is -2.56. The second-order valence-corrected chi connectivity index (χ2v) is 9.14. The van der Waals surface area contributed by atoms with Crippen molar-refractivity contribution in [2.45, 2.75) is 36.6 Å². The van der Waals surface area contributed by atoms with Crippen molar-refractivity contribution in [1.82, 2.24) is 10.2 Å². The van der Waals surface area contributed by atoms with Crippen molar-refractivity contribution in [2.75, 3.05) is 13.1 Å². The highest BCUT2D eigenvalue weighted by molar-refractivity contribution is 5.88. The Morgan fingerprint density at radius 2 is 1.64 bits per heavy atom. The zero-order chi connectivity index (χ0) is 22.8. The third-order valence-electron chi connectivity index (χ3n) is 7.03. The Bertz CT molecular complexity index is 1110. The fourth-order valence-electron chi connectivity index (χ4n) is 5.52. The average molecular weight is 443 g/mol. The number of halogens is 1. The highest BCUT2D eigenvalue weighted by atomic mass is 19.1. The molecule has 2 amide bonds. The summed E-state index contributed by atoms with van der Waals surface area (Å²) in [5.41, 5.74) is 2.12. The van der Waals surface area contributed by atoms with Crippen LogP contribution in [-0.4, -0.2) is 35.3 Å². The van der Waals surface area contributed by atoms with Crippen LogP contribution in [0, 0.1) is 5.82 Å². The van der Waals surface area contributed by atoms with Gasteiger partial charge in [0, 0.05) is 25.4 Å².